The number of anilines is 2. The van der Waals surface area contributed by atoms with E-state index in [4.69, 9.17) is 4.99 Å². The standard InChI is InChI=1S/C24H19N3OS2/c1-26-19-14-8-9-15-20(19)29-23(26)21-22(28)27(18-12-6-3-7-13-18)24(30-21)25-16-17-10-4-2-5-11-17/h2-15H,16H2,1H3/b23-21+,25-24?. The molecule has 0 saturated carbocycles. The predicted octanol–water partition coefficient (Wildman–Crippen LogP) is 5.73. The van der Waals surface area contributed by atoms with Crippen molar-refractivity contribution in [2.45, 2.75) is 11.4 Å². The number of rotatable bonds is 3. The molecule has 1 amide bonds. The fourth-order valence-corrected chi connectivity index (χ4v) is 5.78. The molecule has 1 saturated heterocycles. The van der Waals surface area contributed by atoms with E-state index in [2.05, 4.69) is 29.2 Å². The third-order valence-corrected chi connectivity index (χ3v) is 7.40. The monoisotopic (exact) mass is 429 g/mol. The molecule has 3 aromatic rings. The van der Waals surface area contributed by atoms with Crippen molar-refractivity contribution in [2.75, 3.05) is 16.8 Å². The molecule has 2 aliphatic heterocycles. The number of benzene rings is 3. The number of fused-ring (bicyclic) bond motifs is 1. The maximum absolute atomic E-state index is 13.5. The molecule has 4 nitrogen and oxygen atoms in total. The van der Waals surface area contributed by atoms with Crippen molar-refractivity contribution in [3.8, 4) is 0 Å². The van der Waals surface area contributed by atoms with E-state index in [1.807, 2.05) is 67.7 Å². The number of hydrogen-bond donors (Lipinski definition) is 0. The summed E-state index contributed by atoms with van der Waals surface area (Å²) in [5, 5.41) is 1.67. The molecule has 2 aliphatic rings. The topological polar surface area (TPSA) is 35.9 Å². The van der Waals surface area contributed by atoms with Crippen LogP contribution in [0.15, 0.2) is 105 Å². The van der Waals surface area contributed by atoms with Gasteiger partial charge in [0.1, 0.15) is 4.91 Å². The first-order valence-electron chi connectivity index (χ1n) is 9.63. The lowest BCUT2D eigenvalue weighted by molar-refractivity contribution is -0.113. The second-order valence-electron chi connectivity index (χ2n) is 6.93. The first-order chi connectivity index (χ1) is 14.7. The van der Waals surface area contributed by atoms with E-state index in [9.17, 15) is 4.79 Å². The molecule has 30 heavy (non-hydrogen) atoms. The molecule has 0 atom stereocenters. The Bertz CT molecular complexity index is 1160. The highest BCUT2D eigenvalue weighted by Gasteiger charge is 2.39. The molecule has 1 fully saturated rings. The molecule has 0 unspecified atom stereocenters. The molecule has 0 radical (unpaired) electrons. The van der Waals surface area contributed by atoms with Crippen molar-refractivity contribution in [3.05, 3.63) is 100 Å². The zero-order valence-electron chi connectivity index (χ0n) is 16.4. The number of para-hydroxylation sites is 2. The molecule has 0 spiro atoms. The lowest BCUT2D eigenvalue weighted by Gasteiger charge is -2.16. The van der Waals surface area contributed by atoms with E-state index >= 15 is 0 Å². The molecule has 2 heterocycles. The Hall–Kier alpha value is -2.96. The van der Waals surface area contributed by atoms with Gasteiger partial charge in [-0.05, 0) is 41.6 Å². The van der Waals surface area contributed by atoms with E-state index in [0.717, 1.165) is 31.8 Å². The van der Waals surface area contributed by atoms with Gasteiger partial charge in [-0.1, -0.05) is 72.4 Å². The highest BCUT2D eigenvalue weighted by molar-refractivity contribution is 8.20. The van der Waals surface area contributed by atoms with Crippen LogP contribution in [0.25, 0.3) is 0 Å². The van der Waals surface area contributed by atoms with Gasteiger partial charge in [0.15, 0.2) is 5.17 Å². The van der Waals surface area contributed by atoms with Gasteiger partial charge in [0, 0.05) is 11.9 Å². The second-order valence-corrected chi connectivity index (χ2v) is 8.93. The number of carbonyl (C=O) groups excluding carboxylic acids is 1. The minimum atomic E-state index is -0.0276. The first-order valence-corrected chi connectivity index (χ1v) is 11.3. The number of aliphatic imine (C=N–C) groups is 1. The van der Waals surface area contributed by atoms with Crippen LogP contribution in [0.1, 0.15) is 5.56 Å². The summed E-state index contributed by atoms with van der Waals surface area (Å²) in [6, 6.07) is 28.1. The van der Waals surface area contributed by atoms with Crippen LogP contribution in [0.4, 0.5) is 11.4 Å². The smallest absolute Gasteiger partial charge is 0.274 e. The molecule has 148 valence electrons. The molecule has 3 aromatic carbocycles. The highest BCUT2D eigenvalue weighted by atomic mass is 32.2. The maximum Gasteiger partial charge on any atom is 0.274 e. The summed E-state index contributed by atoms with van der Waals surface area (Å²) in [4.78, 5) is 24.1. The fraction of sp³-hybridized carbons (Fsp3) is 0.0833. The summed E-state index contributed by atoms with van der Waals surface area (Å²) in [6.07, 6.45) is 0. The van der Waals surface area contributed by atoms with E-state index in [-0.39, 0.29) is 5.91 Å². The average molecular weight is 430 g/mol. The molecule has 0 aromatic heterocycles. The van der Waals surface area contributed by atoms with Gasteiger partial charge in [0.05, 0.1) is 22.9 Å². The van der Waals surface area contributed by atoms with E-state index in [0.29, 0.717) is 11.7 Å². The minimum absolute atomic E-state index is 0.0276. The molecular formula is C24H19N3OS2. The SMILES string of the molecule is CN1/C(=C2\SC(=NCc3ccccc3)N(c3ccccc3)C2=O)Sc2ccccc21. The highest BCUT2D eigenvalue weighted by Crippen LogP contribution is 2.50. The van der Waals surface area contributed by atoms with Gasteiger partial charge in [0.2, 0.25) is 0 Å². The largest absolute Gasteiger partial charge is 0.337 e. The Balaban J connectivity index is 1.55. The van der Waals surface area contributed by atoms with E-state index < -0.39 is 0 Å². The Kier molecular flexibility index (Phi) is 5.11. The molecule has 6 heteroatoms. The van der Waals surface area contributed by atoms with Gasteiger partial charge in [-0.25, -0.2) is 0 Å². The minimum Gasteiger partial charge on any atom is -0.337 e. The van der Waals surface area contributed by atoms with E-state index in [1.54, 1.807) is 16.7 Å². The van der Waals surface area contributed by atoms with Crippen molar-refractivity contribution in [1.82, 2.24) is 0 Å². The Morgan fingerprint density at radius 1 is 0.833 bits per heavy atom. The normalized spacial score (nSPS) is 19.6. The van der Waals surface area contributed by atoms with Crippen LogP contribution in [0.3, 0.4) is 0 Å². The Labute approximate surface area is 184 Å². The number of amides is 1. The van der Waals surface area contributed by atoms with Gasteiger partial charge in [-0.15, -0.1) is 0 Å². The molecule has 0 aliphatic carbocycles. The van der Waals surface area contributed by atoms with Crippen LogP contribution in [0.5, 0.6) is 0 Å². The number of thioether (sulfide) groups is 2. The fourth-order valence-electron chi connectivity index (χ4n) is 3.46. The third kappa shape index (κ3) is 3.42. The van der Waals surface area contributed by atoms with Gasteiger partial charge in [0.25, 0.3) is 5.91 Å². The maximum atomic E-state index is 13.5. The van der Waals surface area contributed by atoms with Crippen molar-refractivity contribution in [2.24, 2.45) is 4.99 Å². The molecule has 0 N–H and O–H groups in total. The number of hydrogen-bond acceptors (Lipinski definition) is 5. The quantitative estimate of drug-likeness (QED) is 0.498. The number of nitrogens with zero attached hydrogens (tertiary/aromatic N) is 3. The summed E-state index contributed by atoms with van der Waals surface area (Å²) < 4.78 is 0. The van der Waals surface area contributed by atoms with Gasteiger partial charge < -0.3 is 4.90 Å². The van der Waals surface area contributed by atoms with Crippen LogP contribution in [-0.2, 0) is 11.3 Å². The molecular weight excluding hydrogens is 410 g/mol. The number of amidine groups is 1. The average Bonchev–Trinajstić information content (AvgIpc) is 3.30. The van der Waals surface area contributed by atoms with Gasteiger partial charge >= 0.3 is 0 Å². The summed E-state index contributed by atoms with van der Waals surface area (Å²) >= 11 is 3.10. The van der Waals surface area contributed by atoms with Crippen molar-refractivity contribution < 1.29 is 4.79 Å². The van der Waals surface area contributed by atoms with Crippen LogP contribution in [-0.4, -0.2) is 18.1 Å². The Morgan fingerprint density at radius 2 is 1.50 bits per heavy atom. The summed E-state index contributed by atoms with van der Waals surface area (Å²) in [5.41, 5.74) is 3.08. The second kappa shape index (κ2) is 8.05. The van der Waals surface area contributed by atoms with Crippen molar-refractivity contribution in [1.29, 1.82) is 0 Å². The number of carbonyl (C=O) groups is 1. The van der Waals surface area contributed by atoms with E-state index in [1.165, 1.54) is 11.8 Å². The lowest BCUT2D eigenvalue weighted by Crippen LogP contribution is -2.29. The Morgan fingerprint density at radius 3 is 2.23 bits per heavy atom. The third-order valence-electron chi connectivity index (χ3n) is 4.97. The summed E-state index contributed by atoms with van der Waals surface area (Å²) in [6.45, 7) is 0.533. The van der Waals surface area contributed by atoms with Gasteiger partial charge in [-0.3, -0.25) is 14.7 Å². The van der Waals surface area contributed by atoms with Crippen LogP contribution in [0.2, 0.25) is 0 Å². The predicted molar refractivity (Wildman–Crippen MR) is 127 cm³/mol. The lowest BCUT2D eigenvalue weighted by atomic mass is 10.2. The van der Waals surface area contributed by atoms with Crippen LogP contribution >= 0.6 is 23.5 Å². The zero-order valence-corrected chi connectivity index (χ0v) is 18.0. The van der Waals surface area contributed by atoms with Crippen molar-refractivity contribution in [3.63, 3.8) is 0 Å². The van der Waals surface area contributed by atoms with Crippen LogP contribution in [0, 0.1) is 0 Å². The molecule has 0 bridgehead atoms. The van der Waals surface area contributed by atoms with Gasteiger partial charge in [-0.2, -0.15) is 0 Å². The zero-order chi connectivity index (χ0) is 20.5. The summed E-state index contributed by atoms with van der Waals surface area (Å²) in [5.74, 6) is -0.0276. The van der Waals surface area contributed by atoms with Crippen LogP contribution < -0.4 is 9.80 Å². The van der Waals surface area contributed by atoms with Crippen molar-refractivity contribution >= 4 is 46.0 Å². The summed E-state index contributed by atoms with van der Waals surface area (Å²) in [7, 11) is 2.01. The first kappa shape index (κ1) is 19.0. The molecule has 5 rings (SSSR count).